The molecule has 0 bridgehead atoms. The second kappa shape index (κ2) is 8.69. The van der Waals surface area contributed by atoms with Crippen LogP contribution in [-0.4, -0.2) is 17.2 Å². The lowest BCUT2D eigenvalue weighted by atomic mass is 10.1. The minimum atomic E-state index is -0.963. The lowest BCUT2D eigenvalue weighted by molar-refractivity contribution is -0.145. The van der Waals surface area contributed by atoms with Crippen LogP contribution in [0.4, 0.5) is 0 Å². The Morgan fingerprint density at radius 2 is 1.85 bits per heavy atom. The van der Waals surface area contributed by atoms with Crippen LogP contribution in [-0.2, 0) is 11.2 Å². The molecule has 3 rings (SSSR count). The van der Waals surface area contributed by atoms with E-state index in [1.165, 1.54) is 10.4 Å². The quantitative estimate of drug-likeness (QED) is 0.581. The molecule has 4 heteroatoms. The van der Waals surface area contributed by atoms with Gasteiger partial charge in [-0.1, -0.05) is 42.5 Å². The third-order valence-corrected chi connectivity index (χ3v) is 5.32. The van der Waals surface area contributed by atoms with Crippen molar-refractivity contribution in [2.45, 2.75) is 26.4 Å². The number of carboxylic acid groups (broad SMARTS) is 1. The summed E-state index contributed by atoms with van der Waals surface area (Å²) in [6.07, 6.45) is 3.58. The van der Waals surface area contributed by atoms with E-state index in [-0.39, 0.29) is 0 Å². The molecule has 0 amide bonds. The average molecular weight is 378 g/mol. The van der Waals surface area contributed by atoms with E-state index in [0.29, 0.717) is 12.2 Å². The van der Waals surface area contributed by atoms with Crippen molar-refractivity contribution in [1.29, 1.82) is 0 Å². The zero-order chi connectivity index (χ0) is 19.2. The fraction of sp³-hybridized carbons (Fsp3) is 0.174. The van der Waals surface area contributed by atoms with Crippen LogP contribution in [0.1, 0.15) is 27.1 Å². The number of carbonyl (C=O) groups is 1. The van der Waals surface area contributed by atoms with Gasteiger partial charge in [0.25, 0.3) is 0 Å². The Bertz CT molecular complexity index is 941. The number of hydrogen-bond donors (Lipinski definition) is 1. The lowest BCUT2D eigenvalue weighted by Crippen LogP contribution is -2.29. The molecular weight excluding hydrogens is 356 g/mol. The maximum absolute atomic E-state index is 11.6. The van der Waals surface area contributed by atoms with E-state index in [9.17, 15) is 9.90 Å². The number of carboxylic acids is 1. The van der Waals surface area contributed by atoms with Gasteiger partial charge in [0.05, 0.1) is 0 Å². The highest BCUT2D eigenvalue weighted by Gasteiger charge is 2.20. The van der Waals surface area contributed by atoms with Gasteiger partial charge in [-0.25, -0.2) is 4.79 Å². The van der Waals surface area contributed by atoms with Gasteiger partial charge in [0.1, 0.15) is 5.75 Å². The highest BCUT2D eigenvalue weighted by molar-refractivity contribution is 7.11. The minimum Gasteiger partial charge on any atom is -0.478 e. The molecule has 1 atom stereocenters. The molecule has 0 aliphatic rings. The zero-order valence-electron chi connectivity index (χ0n) is 15.4. The number of rotatable bonds is 7. The molecule has 1 heterocycles. The van der Waals surface area contributed by atoms with E-state index in [0.717, 1.165) is 16.7 Å². The van der Waals surface area contributed by atoms with Crippen molar-refractivity contribution >= 4 is 29.5 Å². The van der Waals surface area contributed by atoms with Gasteiger partial charge in [-0.2, -0.15) is 0 Å². The molecule has 138 valence electrons. The molecule has 0 saturated carbocycles. The van der Waals surface area contributed by atoms with Crippen molar-refractivity contribution in [3.05, 3.63) is 87.1 Å². The van der Waals surface area contributed by atoms with Crippen LogP contribution in [0.2, 0.25) is 0 Å². The molecule has 3 nitrogen and oxygen atoms in total. The summed E-state index contributed by atoms with van der Waals surface area (Å²) in [5.41, 5.74) is 4.17. The Hall–Kier alpha value is -2.85. The molecule has 1 N–H and O–H groups in total. The molecule has 27 heavy (non-hydrogen) atoms. The van der Waals surface area contributed by atoms with E-state index in [1.54, 1.807) is 11.3 Å². The van der Waals surface area contributed by atoms with Crippen LogP contribution >= 0.6 is 11.3 Å². The molecule has 0 spiro atoms. The summed E-state index contributed by atoms with van der Waals surface area (Å²) in [6, 6.07) is 17.4. The van der Waals surface area contributed by atoms with E-state index < -0.39 is 12.1 Å². The molecule has 0 aliphatic heterocycles. The second-order valence-electron chi connectivity index (χ2n) is 6.46. The SMILES string of the molecule is Cc1cc(C=Cc2sccc2C)ccc1OC(Cc1ccccc1)C(=O)O. The van der Waals surface area contributed by atoms with Gasteiger partial charge in [-0.15, -0.1) is 11.3 Å². The Balaban J connectivity index is 1.73. The summed E-state index contributed by atoms with van der Waals surface area (Å²) in [6.45, 7) is 4.03. The summed E-state index contributed by atoms with van der Waals surface area (Å²) in [5, 5.41) is 11.6. The standard InChI is InChI=1S/C23H22O3S/c1-16-12-13-27-22(16)11-9-19-8-10-20(17(2)14-19)26-21(23(24)25)15-18-6-4-3-5-7-18/h3-14,21H,15H2,1-2H3,(H,24,25). The number of aryl methyl sites for hydroxylation is 2. The van der Waals surface area contributed by atoms with Crippen molar-refractivity contribution in [3.63, 3.8) is 0 Å². The summed E-state index contributed by atoms with van der Waals surface area (Å²) >= 11 is 1.71. The Kier molecular flexibility index (Phi) is 6.09. The van der Waals surface area contributed by atoms with Gasteiger partial charge < -0.3 is 9.84 Å². The minimum absolute atomic E-state index is 0.328. The molecule has 1 unspecified atom stereocenters. The topological polar surface area (TPSA) is 46.5 Å². The maximum atomic E-state index is 11.6. The van der Waals surface area contributed by atoms with Gasteiger partial charge in [-0.3, -0.25) is 0 Å². The molecule has 0 fully saturated rings. The number of aliphatic carboxylic acids is 1. The fourth-order valence-corrected chi connectivity index (χ4v) is 3.62. The summed E-state index contributed by atoms with van der Waals surface area (Å²) in [7, 11) is 0. The van der Waals surface area contributed by atoms with Crippen LogP contribution in [0.3, 0.4) is 0 Å². The molecule has 2 aromatic carbocycles. The Labute approximate surface area is 163 Å². The van der Waals surface area contributed by atoms with Gasteiger partial charge in [0.2, 0.25) is 0 Å². The summed E-state index contributed by atoms with van der Waals surface area (Å²) in [4.78, 5) is 12.9. The van der Waals surface area contributed by atoms with Crippen LogP contribution in [0.5, 0.6) is 5.75 Å². The monoisotopic (exact) mass is 378 g/mol. The third-order valence-electron chi connectivity index (χ3n) is 4.34. The highest BCUT2D eigenvalue weighted by Crippen LogP contribution is 2.24. The predicted molar refractivity (Wildman–Crippen MR) is 111 cm³/mol. The average Bonchev–Trinajstić information content (AvgIpc) is 3.07. The van der Waals surface area contributed by atoms with E-state index in [2.05, 4.69) is 30.5 Å². The van der Waals surface area contributed by atoms with Gasteiger partial charge in [-0.05, 0) is 65.8 Å². The van der Waals surface area contributed by atoms with Crippen LogP contribution in [0.25, 0.3) is 12.2 Å². The first kappa shape index (κ1) is 18.9. The molecular formula is C23H22O3S. The van der Waals surface area contributed by atoms with E-state index >= 15 is 0 Å². The zero-order valence-corrected chi connectivity index (χ0v) is 16.2. The highest BCUT2D eigenvalue weighted by atomic mass is 32.1. The first-order valence-corrected chi connectivity index (χ1v) is 9.67. The van der Waals surface area contributed by atoms with Crippen molar-refractivity contribution in [3.8, 4) is 5.75 Å². The lowest BCUT2D eigenvalue weighted by Gasteiger charge is -2.17. The van der Waals surface area contributed by atoms with Crippen LogP contribution in [0, 0.1) is 13.8 Å². The molecule has 3 aromatic rings. The molecule has 0 saturated heterocycles. The second-order valence-corrected chi connectivity index (χ2v) is 7.41. The van der Waals surface area contributed by atoms with Gasteiger partial charge >= 0.3 is 5.97 Å². The summed E-state index contributed by atoms with van der Waals surface area (Å²) < 4.78 is 5.81. The first-order valence-electron chi connectivity index (χ1n) is 8.79. The molecule has 0 radical (unpaired) electrons. The largest absolute Gasteiger partial charge is 0.478 e. The van der Waals surface area contributed by atoms with Crippen LogP contribution in [0.15, 0.2) is 60.0 Å². The number of hydrogen-bond acceptors (Lipinski definition) is 3. The van der Waals surface area contributed by atoms with Crippen molar-refractivity contribution < 1.29 is 14.6 Å². The number of ether oxygens (including phenoxy) is 1. The van der Waals surface area contributed by atoms with Gasteiger partial charge in [0.15, 0.2) is 6.10 Å². The normalized spacial score (nSPS) is 12.2. The number of thiophene rings is 1. The van der Waals surface area contributed by atoms with E-state index in [1.807, 2.05) is 55.5 Å². The maximum Gasteiger partial charge on any atom is 0.345 e. The summed E-state index contributed by atoms with van der Waals surface area (Å²) in [5.74, 6) is -0.363. The van der Waals surface area contributed by atoms with Crippen molar-refractivity contribution in [2.75, 3.05) is 0 Å². The molecule has 0 aliphatic carbocycles. The van der Waals surface area contributed by atoms with Crippen molar-refractivity contribution in [2.24, 2.45) is 0 Å². The Morgan fingerprint density at radius 3 is 2.48 bits per heavy atom. The van der Waals surface area contributed by atoms with Crippen molar-refractivity contribution in [1.82, 2.24) is 0 Å². The van der Waals surface area contributed by atoms with Gasteiger partial charge in [0, 0.05) is 11.3 Å². The predicted octanol–water partition coefficient (Wildman–Crippen LogP) is 5.61. The van der Waals surface area contributed by atoms with E-state index in [4.69, 9.17) is 4.74 Å². The van der Waals surface area contributed by atoms with Crippen LogP contribution < -0.4 is 4.74 Å². The first-order chi connectivity index (χ1) is 13.0. The Morgan fingerprint density at radius 1 is 1.07 bits per heavy atom. The third kappa shape index (κ3) is 5.08. The fourth-order valence-electron chi connectivity index (χ4n) is 2.80. The smallest absolute Gasteiger partial charge is 0.345 e. The number of benzene rings is 2. The molecule has 1 aromatic heterocycles.